The molecule has 0 radical (unpaired) electrons. The zero-order chi connectivity index (χ0) is 10.7. The van der Waals surface area contributed by atoms with Gasteiger partial charge in [-0.15, -0.1) is 11.3 Å². The van der Waals surface area contributed by atoms with E-state index in [1.165, 1.54) is 0 Å². The first-order valence-electron chi connectivity index (χ1n) is 4.33. The van der Waals surface area contributed by atoms with Crippen LogP contribution in [-0.4, -0.2) is 0 Å². The number of hydrogen-bond donors (Lipinski definition) is 0. The summed E-state index contributed by atoms with van der Waals surface area (Å²) < 4.78 is 0. The third kappa shape index (κ3) is 1.74. The van der Waals surface area contributed by atoms with E-state index in [-0.39, 0.29) is 0 Å². The van der Waals surface area contributed by atoms with E-state index in [0.717, 1.165) is 10.4 Å². The van der Waals surface area contributed by atoms with Gasteiger partial charge in [-0.1, -0.05) is 12.1 Å². The Hall–Kier alpha value is -2.10. The normalized spacial score (nSPS) is 9.20. The quantitative estimate of drug-likeness (QED) is 0.725. The molecule has 0 atom stereocenters. The second-order valence-electron chi connectivity index (χ2n) is 2.96. The Morgan fingerprint density at radius 1 is 1.00 bits per heavy atom. The van der Waals surface area contributed by atoms with Gasteiger partial charge >= 0.3 is 0 Å². The summed E-state index contributed by atoms with van der Waals surface area (Å²) in [5, 5.41) is 19.6. The number of nitrogens with zero attached hydrogens (tertiary/aromatic N) is 2. The fourth-order valence-electron chi connectivity index (χ4n) is 1.33. The van der Waals surface area contributed by atoms with Crippen molar-refractivity contribution in [1.29, 1.82) is 10.5 Å². The highest BCUT2D eigenvalue weighted by Crippen LogP contribution is 2.26. The van der Waals surface area contributed by atoms with Gasteiger partial charge in [0.25, 0.3) is 0 Å². The summed E-state index contributed by atoms with van der Waals surface area (Å²) in [5.74, 6) is 0. The Balaban J connectivity index is 2.56. The first-order valence-corrected chi connectivity index (χ1v) is 5.21. The lowest BCUT2D eigenvalue weighted by Crippen LogP contribution is -1.84. The maximum atomic E-state index is 8.87. The average Bonchev–Trinajstić information content (AvgIpc) is 2.81. The minimum Gasteiger partial charge on any atom is -0.192 e. The molecule has 0 saturated heterocycles. The molecule has 70 valence electrons. The molecule has 1 aromatic heterocycles. The predicted octanol–water partition coefficient (Wildman–Crippen LogP) is 3.16. The lowest BCUT2D eigenvalue weighted by molar-refractivity contribution is 1.43. The molecule has 1 aromatic carbocycles. The van der Waals surface area contributed by atoms with Crippen LogP contribution in [0.1, 0.15) is 11.1 Å². The lowest BCUT2D eigenvalue weighted by Gasteiger charge is -1.99. The monoisotopic (exact) mass is 210 g/mol. The molecular weight excluding hydrogens is 204 g/mol. The van der Waals surface area contributed by atoms with Crippen molar-refractivity contribution in [2.75, 3.05) is 0 Å². The van der Waals surface area contributed by atoms with Crippen LogP contribution < -0.4 is 0 Å². The molecule has 0 spiro atoms. The molecule has 2 rings (SSSR count). The zero-order valence-corrected chi connectivity index (χ0v) is 8.58. The molecule has 2 nitrogen and oxygen atoms in total. The van der Waals surface area contributed by atoms with E-state index >= 15 is 0 Å². The molecule has 0 aliphatic rings. The van der Waals surface area contributed by atoms with Crippen molar-refractivity contribution in [1.82, 2.24) is 0 Å². The fourth-order valence-corrected chi connectivity index (χ4v) is 2.05. The molecule has 0 amide bonds. The lowest BCUT2D eigenvalue weighted by atomic mass is 10.0. The van der Waals surface area contributed by atoms with Crippen LogP contribution in [0.2, 0.25) is 0 Å². The van der Waals surface area contributed by atoms with E-state index in [1.54, 1.807) is 23.5 Å². The van der Waals surface area contributed by atoms with Gasteiger partial charge in [0.15, 0.2) is 0 Å². The summed E-state index contributed by atoms with van der Waals surface area (Å²) in [4.78, 5) is 1.11. The SMILES string of the molecule is N#Cc1ccc(-c2cccs2)cc1C#N. The third-order valence-corrected chi connectivity index (χ3v) is 2.99. The van der Waals surface area contributed by atoms with Crippen LogP contribution in [0, 0.1) is 22.7 Å². The van der Waals surface area contributed by atoms with Crippen LogP contribution in [-0.2, 0) is 0 Å². The van der Waals surface area contributed by atoms with Gasteiger partial charge in [0.1, 0.15) is 12.1 Å². The predicted molar refractivity (Wildman–Crippen MR) is 59.2 cm³/mol. The largest absolute Gasteiger partial charge is 0.192 e. The van der Waals surface area contributed by atoms with Gasteiger partial charge in [-0.25, -0.2) is 0 Å². The van der Waals surface area contributed by atoms with Crippen molar-refractivity contribution in [2.24, 2.45) is 0 Å². The molecule has 0 unspecified atom stereocenters. The van der Waals surface area contributed by atoms with E-state index in [1.807, 2.05) is 35.7 Å². The second kappa shape index (κ2) is 3.96. The van der Waals surface area contributed by atoms with Crippen LogP contribution in [0.3, 0.4) is 0 Å². The molecule has 1 heterocycles. The first kappa shape index (κ1) is 9.45. The molecule has 0 fully saturated rings. The molecule has 3 heteroatoms. The van der Waals surface area contributed by atoms with Crippen LogP contribution in [0.5, 0.6) is 0 Å². The van der Waals surface area contributed by atoms with Crippen molar-refractivity contribution in [3.63, 3.8) is 0 Å². The van der Waals surface area contributed by atoms with Gasteiger partial charge in [0.2, 0.25) is 0 Å². The molecule has 2 aromatic rings. The van der Waals surface area contributed by atoms with Crippen molar-refractivity contribution in [2.45, 2.75) is 0 Å². The minimum absolute atomic E-state index is 0.429. The molecule has 0 aliphatic heterocycles. The second-order valence-corrected chi connectivity index (χ2v) is 3.91. The van der Waals surface area contributed by atoms with Crippen molar-refractivity contribution in [3.8, 4) is 22.6 Å². The van der Waals surface area contributed by atoms with Crippen molar-refractivity contribution < 1.29 is 0 Å². The number of nitriles is 2. The highest BCUT2D eigenvalue weighted by molar-refractivity contribution is 7.13. The van der Waals surface area contributed by atoms with E-state index in [4.69, 9.17) is 10.5 Å². The van der Waals surface area contributed by atoms with Crippen LogP contribution in [0.15, 0.2) is 35.7 Å². The van der Waals surface area contributed by atoms with Crippen LogP contribution in [0.25, 0.3) is 10.4 Å². The topological polar surface area (TPSA) is 47.6 Å². The minimum atomic E-state index is 0.429. The summed E-state index contributed by atoms with van der Waals surface area (Å²) in [6.07, 6.45) is 0. The zero-order valence-electron chi connectivity index (χ0n) is 7.77. The van der Waals surface area contributed by atoms with E-state index < -0.39 is 0 Å². The number of thiophene rings is 1. The summed E-state index contributed by atoms with van der Waals surface area (Å²) in [6, 6.07) is 13.3. The number of rotatable bonds is 1. The Kier molecular flexibility index (Phi) is 2.49. The fraction of sp³-hybridized carbons (Fsp3) is 0. The summed E-state index contributed by atoms with van der Waals surface area (Å²) in [7, 11) is 0. The Morgan fingerprint density at radius 2 is 1.80 bits per heavy atom. The van der Waals surface area contributed by atoms with Crippen molar-refractivity contribution in [3.05, 3.63) is 46.8 Å². The average molecular weight is 210 g/mol. The van der Waals surface area contributed by atoms with Crippen LogP contribution in [0.4, 0.5) is 0 Å². The van der Waals surface area contributed by atoms with Gasteiger partial charge in [-0.05, 0) is 29.1 Å². The first-order chi connectivity index (χ1) is 7.35. The highest BCUT2D eigenvalue weighted by atomic mass is 32.1. The maximum absolute atomic E-state index is 8.87. The molecule has 0 N–H and O–H groups in total. The summed E-state index contributed by atoms with van der Waals surface area (Å²) in [5.41, 5.74) is 1.85. The highest BCUT2D eigenvalue weighted by Gasteiger charge is 2.04. The van der Waals surface area contributed by atoms with Crippen LogP contribution >= 0.6 is 11.3 Å². The van der Waals surface area contributed by atoms with Gasteiger partial charge < -0.3 is 0 Å². The molecule has 0 saturated carbocycles. The molecular formula is C12H6N2S. The Morgan fingerprint density at radius 3 is 2.40 bits per heavy atom. The van der Waals surface area contributed by atoms with E-state index in [0.29, 0.717) is 11.1 Å². The summed E-state index contributed by atoms with van der Waals surface area (Å²) in [6.45, 7) is 0. The van der Waals surface area contributed by atoms with Crippen molar-refractivity contribution >= 4 is 11.3 Å². The Labute approximate surface area is 91.6 Å². The number of benzene rings is 1. The third-order valence-electron chi connectivity index (χ3n) is 2.07. The van der Waals surface area contributed by atoms with E-state index in [9.17, 15) is 0 Å². The number of hydrogen-bond acceptors (Lipinski definition) is 3. The molecule has 15 heavy (non-hydrogen) atoms. The van der Waals surface area contributed by atoms with Gasteiger partial charge in [0.05, 0.1) is 11.1 Å². The van der Waals surface area contributed by atoms with Gasteiger partial charge in [-0.2, -0.15) is 10.5 Å². The van der Waals surface area contributed by atoms with Gasteiger partial charge in [-0.3, -0.25) is 0 Å². The smallest absolute Gasteiger partial charge is 0.101 e. The standard InChI is InChI=1S/C12H6N2S/c13-7-10-4-3-9(6-11(10)8-14)12-2-1-5-15-12/h1-6H. The maximum Gasteiger partial charge on any atom is 0.101 e. The summed E-state index contributed by atoms with van der Waals surface area (Å²) >= 11 is 1.62. The van der Waals surface area contributed by atoms with E-state index in [2.05, 4.69) is 0 Å². The Bertz CT molecular complexity index is 556. The molecule has 0 aliphatic carbocycles. The molecule has 0 bridgehead atoms. The van der Waals surface area contributed by atoms with Gasteiger partial charge in [0, 0.05) is 4.88 Å².